The van der Waals surface area contributed by atoms with Crippen molar-refractivity contribution in [3.05, 3.63) is 42.0 Å². The fourth-order valence-corrected chi connectivity index (χ4v) is 1.44. The topological polar surface area (TPSA) is 35.2 Å². The largest absolute Gasteiger partial charge is 0.573 e. The van der Waals surface area contributed by atoms with Gasteiger partial charge in [0, 0.05) is 6.04 Å². The first-order valence-electron chi connectivity index (χ1n) is 5.03. The van der Waals surface area contributed by atoms with E-state index in [1.54, 1.807) is 6.07 Å². The van der Waals surface area contributed by atoms with Crippen LogP contribution in [-0.2, 0) is 0 Å². The molecule has 0 aliphatic carbocycles. The van der Waals surface area contributed by atoms with Crippen molar-refractivity contribution in [1.82, 2.24) is 0 Å². The Kier molecular flexibility index (Phi) is 4.17. The Bertz CT molecular complexity index is 401. The van der Waals surface area contributed by atoms with Crippen molar-refractivity contribution in [3.63, 3.8) is 0 Å². The molecule has 0 saturated heterocycles. The second-order valence-corrected chi connectivity index (χ2v) is 3.89. The standard InChI is InChI=1S/C12H14F3NO/c1-8(2)6-11(16)9-4-3-5-10(7-9)17-12(13,14)15/h3-5,7,11H,1,6,16H2,2H3/t11-/m0/s1. The van der Waals surface area contributed by atoms with Gasteiger partial charge in [-0.1, -0.05) is 17.7 Å². The lowest BCUT2D eigenvalue weighted by Crippen LogP contribution is -2.17. The Morgan fingerprint density at radius 3 is 2.65 bits per heavy atom. The summed E-state index contributed by atoms with van der Waals surface area (Å²) < 4.78 is 39.9. The van der Waals surface area contributed by atoms with Crippen LogP contribution in [0.15, 0.2) is 36.4 Å². The molecule has 0 unspecified atom stereocenters. The molecule has 0 amide bonds. The summed E-state index contributed by atoms with van der Waals surface area (Å²) in [6, 6.07) is 5.31. The number of alkyl halides is 3. The molecular weight excluding hydrogens is 231 g/mol. The SMILES string of the molecule is C=C(C)C[C@H](N)c1cccc(OC(F)(F)F)c1. The van der Waals surface area contributed by atoms with Gasteiger partial charge in [0.25, 0.3) is 0 Å². The summed E-state index contributed by atoms with van der Waals surface area (Å²) in [6.07, 6.45) is -4.16. The minimum absolute atomic E-state index is 0.257. The van der Waals surface area contributed by atoms with Crippen molar-refractivity contribution in [2.45, 2.75) is 25.7 Å². The van der Waals surface area contributed by atoms with Crippen LogP contribution in [0.2, 0.25) is 0 Å². The van der Waals surface area contributed by atoms with Crippen LogP contribution in [0.5, 0.6) is 5.75 Å². The molecule has 1 aromatic rings. The molecule has 5 heteroatoms. The van der Waals surface area contributed by atoms with Crippen molar-refractivity contribution in [1.29, 1.82) is 0 Å². The zero-order chi connectivity index (χ0) is 13.1. The Morgan fingerprint density at radius 2 is 2.12 bits per heavy atom. The maximum absolute atomic E-state index is 12.0. The highest BCUT2D eigenvalue weighted by molar-refractivity contribution is 5.31. The molecule has 0 radical (unpaired) electrons. The first-order valence-corrected chi connectivity index (χ1v) is 5.03. The molecule has 2 nitrogen and oxygen atoms in total. The maximum atomic E-state index is 12.0. The summed E-state index contributed by atoms with van der Waals surface area (Å²) in [5, 5.41) is 0. The van der Waals surface area contributed by atoms with E-state index < -0.39 is 6.36 Å². The lowest BCUT2D eigenvalue weighted by molar-refractivity contribution is -0.274. The van der Waals surface area contributed by atoms with Crippen LogP contribution in [0.1, 0.15) is 24.9 Å². The molecule has 1 atom stereocenters. The third-order valence-corrected chi connectivity index (χ3v) is 2.09. The summed E-state index contributed by atoms with van der Waals surface area (Å²) in [6.45, 7) is 5.53. The average Bonchev–Trinajstić information content (AvgIpc) is 2.14. The van der Waals surface area contributed by atoms with E-state index in [0.717, 1.165) is 5.57 Å². The predicted molar refractivity (Wildman–Crippen MR) is 59.5 cm³/mol. The number of nitrogens with two attached hydrogens (primary N) is 1. The number of hydrogen-bond acceptors (Lipinski definition) is 2. The normalized spacial score (nSPS) is 13.2. The van der Waals surface area contributed by atoms with Gasteiger partial charge in [-0.3, -0.25) is 0 Å². The summed E-state index contributed by atoms with van der Waals surface area (Å²) in [7, 11) is 0. The molecule has 0 spiro atoms. The maximum Gasteiger partial charge on any atom is 0.573 e. The third kappa shape index (κ3) is 4.91. The van der Waals surface area contributed by atoms with Crippen molar-refractivity contribution in [2.75, 3.05) is 0 Å². The van der Waals surface area contributed by atoms with Gasteiger partial charge in [0.15, 0.2) is 0 Å². The van der Waals surface area contributed by atoms with Gasteiger partial charge in [-0.05, 0) is 31.0 Å². The van der Waals surface area contributed by atoms with Crippen LogP contribution in [-0.4, -0.2) is 6.36 Å². The van der Waals surface area contributed by atoms with Crippen LogP contribution < -0.4 is 10.5 Å². The van der Waals surface area contributed by atoms with Gasteiger partial charge < -0.3 is 10.5 Å². The van der Waals surface area contributed by atoms with Crippen LogP contribution in [0.3, 0.4) is 0 Å². The fourth-order valence-electron chi connectivity index (χ4n) is 1.44. The Hall–Kier alpha value is -1.49. The molecule has 0 bridgehead atoms. The fraction of sp³-hybridized carbons (Fsp3) is 0.333. The summed E-state index contributed by atoms with van der Waals surface area (Å²) >= 11 is 0. The summed E-state index contributed by atoms with van der Waals surface area (Å²) in [4.78, 5) is 0. The van der Waals surface area contributed by atoms with Crippen molar-refractivity contribution in [3.8, 4) is 5.75 Å². The van der Waals surface area contributed by atoms with Gasteiger partial charge in [0.1, 0.15) is 5.75 Å². The van der Waals surface area contributed by atoms with Crippen LogP contribution in [0.4, 0.5) is 13.2 Å². The van der Waals surface area contributed by atoms with E-state index >= 15 is 0 Å². The van der Waals surface area contributed by atoms with Crippen LogP contribution >= 0.6 is 0 Å². The smallest absolute Gasteiger partial charge is 0.406 e. The highest BCUT2D eigenvalue weighted by Gasteiger charge is 2.31. The molecule has 0 aromatic heterocycles. The first kappa shape index (κ1) is 13.6. The monoisotopic (exact) mass is 245 g/mol. The number of benzene rings is 1. The quantitative estimate of drug-likeness (QED) is 0.823. The van der Waals surface area contributed by atoms with Crippen molar-refractivity contribution >= 4 is 0 Å². The Labute approximate surface area is 97.9 Å². The molecule has 0 heterocycles. The Balaban J connectivity index is 2.82. The molecule has 2 N–H and O–H groups in total. The molecule has 1 rings (SSSR count). The molecule has 17 heavy (non-hydrogen) atoms. The van der Waals surface area contributed by atoms with Crippen molar-refractivity contribution < 1.29 is 17.9 Å². The molecule has 0 saturated carbocycles. The van der Waals surface area contributed by atoms with Crippen LogP contribution in [0, 0.1) is 0 Å². The van der Waals surface area contributed by atoms with Gasteiger partial charge in [-0.25, -0.2) is 0 Å². The highest BCUT2D eigenvalue weighted by atomic mass is 19.4. The van der Waals surface area contributed by atoms with Gasteiger partial charge in [-0.2, -0.15) is 0 Å². The molecular formula is C12H14F3NO. The second-order valence-electron chi connectivity index (χ2n) is 3.89. The van der Waals surface area contributed by atoms with E-state index in [4.69, 9.17) is 5.73 Å². The van der Waals surface area contributed by atoms with Gasteiger partial charge in [0.05, 0.1) is 0 Å². The number of halogens is 3. The minimum atomic E-state index is -4.68. The summed E-state index contributed by atoms with van der Waals surface area (Å²) in [5.74, 6) is -0.257. The molecule has 1 aromatic carbocycles. The molecule has 0 aliphatic rings. The summed E-state index contributed by atoms with van der Waals surface area (Å²) in [5.41, 5.74) is 7.30. The Morgan fingerprint density at radius 1 is 1.47 bits per heavy atom. The van der Waals surface area contributed by atoms with E-state index in [1.165, 1.54) is 18.2 Å². The highest BCUT2D eigenvalue weighted by Crippen LogP contribution is 2.26. The van der Waals surface area contributed by atoms with E-state index in [0.29, 0.717) is 12.0 Å². The molecule has 94 valence electrons. The lowest BCUT2D eigenvalue weighted by atomic mass is 10.0. The van der Waals surface area contributed by atoms with E-state index in [2.05, 4.69) is 11.3 Å². The second kappa shape index (κ2) is 5.23. The zero-order valence-electron chi connectivity index (χ0n) is 9.42. The van der Waals surface area contributed by atoms with Gasteiger partial charge in [-0.15, -0.1) is 19.8 Å². The average molecular weight is 245 g/mol. The molecule has 0 aliphatic heterocycles. The van der Waals surface area contributed by atoms with E-state index in [9.17, 15) is 13.2 Å². The third-order valence-electron chi connectivity index (χ3n) is 2.09. The van der Waals surface area contributed by atoms with Gasteiger partial charge >= 0.3 is 6.36 Å². The molecule has 0 fully saturated rings. The minimum Gasteiger partial charge on any atom is -0.406 e. The predicted octanol–water partition coefficient (Wildman–Crippen LogP) is 3.55. The van der Waals surface area contributed by atoms with Crippen molar-refractivity contribution in [2.24, 2.45) is 5.73 Å². The van der Waals surface area contributed by atoms with E-state index in [-0.39, 0.29) is 11.8 Å². The zero-order valence-corrected chi connectivity index (χ0v) is 9.42. The van der Waals surface area contributed by atoms with E-state index in [1.807, 2.05) is 6.92 Å². The number of hydrogen-bond donors (Lipinski definition) is 1. The van der Waals surface area contributed by atoms with Crippen LogP contribution in [0.25, 0.3) is 0 Å². The number of ether oxygens (including phenoxy) is 1. The first-order chi connectivity index (χ1) is 7.78. The lowest BCUT2D eigenvalue weighted by Gasteiger charge is -2.14. The number of rotatable bonds is 4. The van der Waals surface area contributed by atoms with Gasteiger partial charge in [0.2, 0.25) is 0 Å².